The number of carbonyl (C=O) groups excluding carboxylic acids is 1. The maximum Gasteiger partial charge on any atom is 0.265 e. The monoisotopic (exact) mass is 326 g/mol. The molecule has 0 fully saturated rings. The lowest BCUT2D eigenvalue weighted by Gasteiger charge is -2.21. The van der Waals surface area contributed by atoms with Crippen molar-refractivity contribution in [1.29, 1.82) is 0 Å². The van der Waals surface area contributed by atoms with E-state index in [1.165, 1.54) is 0 Å². The highest BCUT2D eigenvalue weighted by atomic mass is 16.5. The number of nitrogen functional groups attached to an aromatic ring is 1. The predicted octanol–water partition coefficient (Wildman–Crippen LogP) is 4.58. The summed E-state index contributed by atoms with van der Waals surface area (Å²) in [7, 11) is 0. The number of amides is 1. The summed E-state index contributed by atoms with van der Waals surface area (Å²) in [5.74, 6) is 1.02. The zero-order valence-electron chi connectivity index (χ0n) is 14.6. The Morgan fingerprint density at radius 3 is 2.38 bits per heavy atom. The number of benzene rings is 2. The average Bonchev–Trinajstić information content (AvgIpc) is 2.61. The molecular weight excluding hydrogens is 300 g/mol. The highest BCUT2D eigenvalue weighted by Crippen LogP contribution is 2.29. The van der Waals surface area contributed by atoms with Gasteiger partial charge in [0.25, 0.3) is 5.91 Å². The normalized spacial score (nSPS) is 13.1. The summed E-state index contributed by atoms with van der Waals surface area (Å²) in [5.41, 5.74) is 8.18. The molecule has 0 aromatic heterocycles. The first-order chi connectivity index (χ1) is 11.5. The Bertz CT molecular complexity index is 668. The van der Waals surface area contributed by atoms with Crippen LogP contribution in [0.25, 0.3) is 0 Å². The van der Waals surface area contributed by atoms with E-state index in [0.29, 0.717) is 23.7 Å². The van der Waals surface area contributed by atoms with E-state index in [4.69, 9.17) is 10.5 Å². The van der Waals surface area contributed by atoms with Gasteiger partial charge in [0.15, 0.2) is 6.10 Å². The quantitative estimate of drug-likeness (QED) is 0.732. The zero-order valence-corrected chi connectivity index (χ0v) is 14.6. The van der Waals surface area contributed by atoms with Crippen molar-refractivity contribution in [3.8, 4) is 5.75 Å². The number of rotatable bonds is 7. The van der Waals surface area contributed by atoms with Gasteiger partial charge in [0.1, 0.15) is 5.75 Å². The summed E-state index contributed by atoms with van der Waals surface area (Å²) >= 11 is 0. The number of nitrogens with two attached hydrogens (primary N) is 1. The lowest BCUT2D eigenvalue weighted by atomic mass is 9.98. The van der Waals surface area contributed by atoms with Gasteiger partial charge in [-0.25, -0.2) is 0 Å². The van der Waals surface area contributed by atoms with Crippen LogP contribution >= 0.6 is 0 Å². The van der Waals surface area contributed by atoms with Gasteiger partial charge in [0.05, 0.1) is 0 Å². The number of anilines is 2. The summed E-state index contributed by atoms with van der Waals surface area (Å²) in [6.45, 7) is 6.25. The van der Waals surface area contributed by atoms with E-state index in [1.54, 1.807) is 24.3 Å². The second kappa shape index (κ2) is 8.39. The molecule has 0 saturated heterocycles. The summed E-state index contributed by atoms with van der Waals surface area (Å²) in [5, 5.41) is 2.88. The lowest BCUT2D eigenvalue weighted by molar-refractivity contribution is -0.122. The lowest BCUT2D eigenvalue weighted by Crippen LogP contribution is -2.32. The van der Waals surface area contributed by atoms with Crippen molar-refractivity contribution in [2.45, 2.75) is 45.6 Å². The van der Waals surface area contributed by atoms with E-state index >= 15 is 0 Å². The van der Waals surface area contributed by atoms with Crippen LogP contribution in [0.5, 0.6) is 5.75 Å². The van der Waals surface area contributed by atoms with Gasteiger partial charge in [-0.05, 0) is 54.7 Å². The fraction of sp³-hybridized carbons (Fsp3) is 0.350. The summed E-state index contributed by atoms with van der Waals surface area (Å²) in [4.78, 5) is 12.5. The molecule has 0 saturated carbocycles. The van der Waals surface area contributed by atoms with Crippen LogP contribution < -0.4 is 15.8 Å². The van der Waals surface area contributed by atoms with Gasteiger partial charge in [0.2, 0.25) is 0 Å². The van der Waals surface area contributed by atoms with Gasteiger partial charge < -0.3 is 15.8 Å². The predicted molar refractivity (Wildman–Crippen MR) is 99.3 cm³/mol. The fourth-order valence-electron chi connectivity index (χ4n) is 2.48. The molecule has 2 aromatic carbocycles. The van der Waals surface area contributed by atoms with Crippen LogP contribution in [0, 0.1) is 0 Å². The molecule has 128 valence electrons. The van der Waals surface area contributed by atoms with Crippen LogP contribution in [-0.4, -0.2) is 12.0 Å². The molecule has 0 bridgehead atoms. The molecule has 0 aliphatic rings. The van der Waals surface area contributed by atoms with Crippen molar-refractivity contribution in [1.82, 2.24) is 0 Å². The van der Waals surface area contributed by atoms with Crippen molar-refractivity contribution in [2.75, 3.05) is 11.1 Å². The Kier molecular flexibility index (Phi) is 6.24. The SMILES string of the molecule is CCC(Oc1ccccc1C(C)CC)C(=O)Nc1ccc(N)cc1. The maximum atomic E-state index is 12.5. The van der Waals surface area contributed by atoms with Crippen LogP contribution in [0.15, 0.2) is 48.5 Å². The second-order valence-electron chi connectivity index (χ2n) is 5.97. The summed E-state index contributed by atoms with van der Waals surface area (Å²) in [6.07, 6.45) is 1.08. The fourth-order valence-corrected chi connectivity index (χ4v) is 2.48. The standard InChI is InChI=1S/C20H26N2O2/c1-4-14(3)17-8-6-7-9-19(17)24-18(5-2)20(23)22-16-12-10-15(21)11-13-16/h6-14,18H,4-5,21H2,1-3H3,(H,22,23). The van der Waals surface area contributed by atoms with E-state index < -0.39 is 6.10 Å². The molecule has 0 aliphatic heterocycles. The molecule has 24 heavy (non-hydrogen) atoms. The van der Waals surface area contributed by atoms with E-state index in [0.717, 1.165) is 17.7 Å². The van der Waals surface area contributed by atoms with E-state index in [9.17, 15) is 4.79 Å². The number of hydrogen-bond donors (Lipinski definition) is 2. The van der Waals surface area contributed by atoms with E-state index in [-0.39, 0.29) is 5.91 Å². The average molecular weight is 326 g/mol. The number of para-hydroxylation sites is 1. The van der Waals surface area contributed by atoms with Gasteiger partial charge in [-0.2, -0.15) is 0 Å². The molecule has 0 aliphatic carbocycles. The van der Waals surface area contributed by atoms with Crippen LogP contribution in [0.3, 0.4) is 0 Å². The third-order valence-corrected chi connectivity index (χ3v) is 4.17. The van der Waals surface area contributed by atoms with Gasteiger partial charge in [-0.1, -0.05) is 39.0 Å². The zero-order chi connectivity index (χ0) is 17.5. The first-order valence-electron chi connectivity index (χ1n) is 8.47. The van der Waals surface area contributed by atoms with Crippen molar-refractivity contribution in [2.24, 2.45) is 0 Å². The molecule has 0 radical (unpaired) electrons. The van der Waals surface area contributed by atoms with Gasteiger partial charge in [-0.15, -0.1) is 0 Å². The molecule has 2 atom stereocenters. The minimum absolute atomic E-state index is 0.152. The van der Waals surface area contributed by atoms with Crippen LogP contribution in [-0.2, 0) is 4.79 Å². The molecule has 0 spiro atoms. The van der Waals surface area contributed by atoms with Gasteiger partial charge in [0, 0.05) is 11.4 Å². The number of nitrogens with one attached hydrogen (secondary N) is 1. The third kappa shape index (κ3) is 4.51. The first kappa shape index (κ1) is 17.9. The van der Waals surface area contributed by atoms with E-state index in [1.807, 2.05) is 25.1 Å². The number of ether oxygens (including phenoxy) is 1. The molecule has 4 nitrogen and oxygen atoms in total. The van der Waals surface area contributed by atoms with Crippen molar-refractivity contribution >= 4 is 17.3 Å². The molecule has 1 amide bonds. The van der Waals surface area contributed by atoms with Crippen molar-refractivity contribution in [3.63, 3.8) is 0 Å². The van der Waals surface area contributed by atoms with Crippen molar-refractivity contribution < 1.29 is 9.53 Å². The molecule has 4 heteroatoms. The summed E-state index contributed by atoms with van der Waals surface area (Å²) in [6, 6.07) is 15.0. The Labute approximate surface area is 144 Å². The van der Waals surface area contributed by atoms with Gasteiger partial charge in [-0.3, -0.25) is 4.79 Å². The summed E-state index contributed by atoms with van der Waals surface area (Å²) < 4.78 is 6.04. The first-order valence-corrected chi connectivity index (χ1v) is 8.47. The topological polar surface area (TPSA) is 64.3 Å². The van der Waals surface area contributed by atoms with Gasteiger partial charge >= 0.3 is 0 Å². The number of hydrogen-bond acceptors (Lipinski definition) is 3. The maximum absolute atomic E-state index is 12.5. The molecule has 0 heterocycles. The highest BCUT2D eigenvalue weighted by molar-refractivity contribution is 5.94. The minimum Gasteiger partial charge on any atom is -0.480 e. The Balaban J connectivity index is 2.11. The highest BCUT2D eigenvalue weighted by Gasteiger charge is 2.20. The Morgan fingerprint density at radius 1 is 1.08 bits per heavy atom. The number of carbonyl (C=O) groups is 1. The molecule has 2 unspecified atom stereocenters. The van der Waals surface area contributed by atoms with Crippen LogP contribution in [0.4, 0.5) is 11.4 Å². The third-order valence-electron chi connectivity index (χ3n) is 4.17. The Hall–Kier alpha value is -2.49. The van der Waals surface area contributed by atoms with Crippen LogP contribution in [0.1, 0.15) is 45.1 Å². The minimum atomic E-state index is -0.534. The Morgan fingerprint density at radius 2 is 1.75 bits per heavy atom. The molecule has 2 rings (SSSR count). The molecular formula is C20H26N2O2. The molecule has 2 aromatic rings. The smallest absolute Gasteiger partial charge is 0.265 e. The van der Waals surface area contributed by atoms with Crippen molar-refractivity contribution in [3.05, 3.63) is 54.1 Å². The second-order valence-corrected chi connectivity index (χ2v) is 5.97. The largest absolute Gasteiger partial charge is 0.480 e. The van der Waals surface area contributed by atoms with E-state index in [2.05, 4.69) is 25.2 Å². The van der Waals surface area contributed by atoms with Crippen LogP contribution in [0.2, 0.25) is 0 Å². The molecule has 3 N–H and O–H groups in total.